The SMILES string of the molecule is CCCCCCCC(OC(=O)CC)Oc1ccc(N=Nc2ccc(N=Nc3ccc(N(CC)CCOC(=O)CC)cc3)cc2)c(Cl)c1. The normalized spacial score (nSPS) is 11.9. The lowest BCUT2D eigenvalue weighted by molar-refractivity contribution is -0.164. The highest BCUT2D eigenvalue weighted by Gasteiger charge is 2.16. The first-order valence-corrected chi connectivity index (χ1v) is 16.8. The molecule has 11 heteroatoms. The van der Waals surface area contributed by atoms with Gasteiger partial charge >= 0.3 is 11.9 Å². The lowest BCUT2D eigenvalue weighted by Gasteiger charge is -2.22. The molecule has 3 aromatic rings. The van der Waals surface area contributed by atoms with Crippen LogP contribution in [-0.4, -0.2) is 37.9 Å². The molecule has 0 saturated heterocycles. The number of hydrogen-bond acceptors (Lipinski definition) is 10. The van der Waals surface area contributed by atoms with Crippen LogP contribution in [0.25, 0.3) is 0 Å². The van der Waals surface area contributed by atoms with E-state index in [1.165, 1.54) is 12.8 Å². The second-order valence-electron chi connectivity index (χ2n) is 10.8. The smallest absolute Gasteiger partial charge is 0.308 e. The highest BCUT2D eigenvalue weighted by molar-refractivity contribution is 6.33. The quantitative estimate of drug-likeness (QED) is 0.0514. The van der Waals surface area contributed by atoms with Crippen LogP contribution in [0.3, 0.4) is 0 Å². The standard InChI is InChI=1S/C36H46ClN5O5/c1-5-9-10-11-12-13-36(47-35(44)7-3)46-31-22-23-33(32(37)26-31)41-40-28-16-14-27(15-17-28)38-39-29-18-20-30(21-19-29)42(8-4)24-25-45-34(43)6-2/h14-23,26,36H,5-13,24-25H2,1-4H3. The molecule has 0 aliphatic rings. The minimum Gasteiger partial charge on any atom is -0.464 e. The maximum Gasteiger partial charge on any atom is 0.308 e. The zero-order valence-electron chi connectivity index (χ0n) is 27.9. The molecule has 0 aromatic heterocycles. The predicted octanol–water partition coefficient (Wildman–Crippen LogP) is 11.0. The number of halogens is 1. The number of unbranched alkanes of at least 4 members (excludes halogenated alkanes) is 4. The van der Waals surface area contributed by atoms with Gasteiger partial charge in [-0.15, -0.1) is 5.11 Å². The number of hydrogen-bond donors (Lipinski definition) is 0. The van der Waals surface area contributed by atoms with Crippen LogP contribution in [0, 0.1) is 0 Å². The first-order valence-electron chi connectivity index (χ1n) is 16.4. The molecular weight excluding hydrogens is 618 g/mol. The molecule has 0 N–H and O–H groups in total. The van der Waals surface area contributed by atoms with Crippen LogP contribution in [-0.2, 0) is 19.1 Å². The van der Waals surface area contributed by atoms with E-state index in [1.54, 1.807) is 56.3 Å². The van der Waals surface area contributed by atoms with Crippen LogP contribution < -0.4 is 9.64 Å². The van der Waals surface area contributed by atoms with Crippen LogP contribution in [0.15, 0.2) is 87.2 Å². The Morgan fingerprint density at radius 3 is 1.91 bits per heavy atom. The van der Waals surface area contributed by atoms with Crippen molar-refractivity contribution in [2.45, 2.75) is 85.4 Å². The summed E-state index contributed by atoms with van der Waals surface area (Å²) < 4.78 is 16.7. The van der Waals surface area contributed by atoms with E-state index in [9.17, 15) is 9.59 Å². The fraction of sp³-hybridized carbons (Fsp3) is 0.444. The summed E-state index contributed by atoms with van der Waals surface area (Å²) in [5.74, 6) is 0.00368. The Bertz CT molecular complexity index is 1450. The monoisotopic (exact) mass is 663 g/mol. The van der Waals surface area contributed by atoms with Gasteiger partial charge in [-0.1, -0.05) is 58.1 Å². The third-order valence-corrected chi connectivity index (χ3v) is 7.50. The third kappa shape index (κ3) is 13.5. The molecule has 0 fully saturated rings. The fourth-order valence-electron chi connectivity index (χ4n) is 4.46. The zero-order valence-corrected chi connectivity index (χ0v) is 28.6. The van der Waals surface area contributed by atoms with Crippen LogP contribution in [0.1, 0.15) is 79.1 Å². The van der Waals surface area contributed by atoms with E-state index in [-0.39, 0.29) is 18.4 Å². The van der Waals surface area contributed by atoms with Crippen molar-refractivity contribution < 1.29 is 23.8 Å². The average molecular weight is 664 g/mol. The van der Waals surface area contributed by atoms with Crippen molar-refractivity contribution in [3.63, 3.8) is 0 Å². The van der Waals surface area contributed by atoms with Crippen molar-refractivity contribution in [3.8, 4) is 5.75 Å². The summed E-state index contributed by atoms with van der Waals surface area (Å²) in [6, 6.07) is 20.1. The van der Waals surface area contributed by atoms with Crippen molar-refractivity contribution in [2.24, 2.45) is 20.5 Å². The first-order chi connectivity index (χ1) is 22.8. The maximum absolute atomic E-state index is 11.9. The Hall–Kier alpha value is -4.31. The van der Waals surface area contributed by atoms with E-state index >= 15 is 0 Å². The van der Waals surface area contributed by atoms with E-state index in [0.29, 0.717) is 53.8 Å². The van der Waals surface area contributed by atoms with Gasteiger partial charge in [0.1, 0.15) is 18.0 Å². The van der Waals surface area contributed by atoms with Gasteiger partial charge in [0.2, 0.25) is 6.29 Å². The number of benzene rings is 3. The number of carbonyl (C=O) groups excluding carboxylic acids is 2. The molecular formula is C36H46ClN5O5. The summed E-state index contributed by atoms with van der Waals surface area (Å²) in [5, 5.41) is 17.6. The number of esters is 2. The molecule has 47 heavy (non-hydrogen) atoms. The van der Waals surface area contributed by atoms with Gasteiger partial charge < -0.3 is 19.1 Å². The molecule has 0 radical (unpaired) electrons. The van der Waals surface area contributed by atoms with Gasteiger partial charge in [0, 0.05) is 37.6 Å². The van der Waals surface area contributed by atoms with Crippen LogP contribution in [0.4, 0.5) is 28.4 Å². The molecule has 3 rings (SSSR count). The second-order valence-corrected chi connectivity index (χ2v) is 11.2. The second kappa shape index (κ2) is 20.7. The Labute approximate surface area is 283 Å². The molecule has 3 aromatic carbocycles. The molecule has 0 aliphatic carbocycles. The summed E-state index contributed by atoms with van der Waals surface area (Å²) in [6.45, 7) is 9.54. The predicted molar refractivity (Wildman–Crippen MR) is 186 cm³/mol. The molecule has 0 bridgehead atoms. The molecule has 1 atom stereocenters. The summed E-state index contributed by atoms with van der Waals surface area (Å²) in [6.07, 6.45) is 6.11. The van der Waals surface area contributed by atoms with E-state index in [2.05, 4.69) is 39.2 Å². The van der Waals surface area contributed by atoms with Crippen molar-refractivity contribution in [1.29, 1.82) is 0 Å². The first kappa shape index (κ1) is 37.2. The van der Waals surface area contributed by atoms with Crippen molar-refractivity contribution >= 4 is 52.0 Å². The van der Waals surface area contributed by atoms with Gasteiger partial charge in [-0.25, -0.2) is 0 Å². The topological polar surface area (TPSA) is 115 Å². The molecule has 10 nitrogen and oxygen atoms in total. The Morgan fingerprint density at radius 1 is 0.745 bits per heavy atom. The highest BCUT2D eigenvalue weighted by Crippen LogP contribution is 2.32. The molecule has 0 spiro atoms. The Morgan fingerprint density at radius 2 is 1.34 bits per heavy atom. The fourth-order valence-corrected chi connectivity index (χ4v) is 4.67. The van der Waals surface area contributed by atoms with Crippen LogP contribution in [0.2, 0.25) is 5.02 Å². The largest absolute Gasteiger partial charge is 0.464 e. The van der Waals surface area contributed by atoms with Crippen LogP contribution >= 0.6 is 11.6 Å². The summed E-state index contributed by atoms with van der Waals surface area (Å²) >= 11 is 6.48. The lowest BCUT2D eigenvalue weighted by Crippen LogP contribution is -2.27. The number of anilines is 1. The highest BCUT2D eigenvalue weighted by atomic mass is 35.5. The van der Waals surface area contributed by atoms with Gasteiger partial charge in [-0.2, -0.15) is 15.3 Å². The Balaban J connectivity index is 1.55. The number of carbonyl (C=O) groups is 2. The van der Waals surface area contributed by atoms with E-state index in [0.717, 1.165) is 37.2 Å². The lowest BCUT2D eigenvalue weighted by atomic mass is 10.1. The maximum atomic E-state index is 11.9. The summed E-state index contributed by atoms with van der Waals surface area (Å²) in [7, 11) is 0. The summed E-state index contributed by atoms with van der Waals surface area (Å²) in [5.41, 5.74) is 3.52. The number of azo groups is 2. The number of ether oxygens (including phenoxy) is 3. The van der Waals surface area contributed by atoms with Crippen molar-refractivity contribution in [3.05, 3.63) is 71.8 Å². The van der Waals surface area contributed by atoms with Gasteiger partial charge in [0.15, 0.2) is 0 Å². The van der Waals surface area contributed by atoms with Gasteiger partial charge in [-0.05, 0) is 74.0 Å². The number of nitrogens with zero attached hydrogens (tertiary/aromatic N) is 5. The van der Waals surface area contributed by atoms with Gasteiger partial charge in [0.25, 0.3) is 0 Å². The number of likely N-dealkylation sites (N-methyl/N-ethyl adjacent to an activating group) is 1. The van der Waals surface area contributed by atoms with E-state index in [4.69, 9.17) is 25.8 Å². The minimum atomic E-state index is -0.663. The van der Waals surface area contributed by atoms with E-state index < -0.39 is 6.29 Å². The molecule has 252 valence electrons. The third-order valence-electron chi connectivity index (χ3n) is 7.19. The minimum absolute atomic E-state index is 0.195. The van der Waals surface area contributed by atoms with Crippen LogP contribution in [0.5, 0.6) is 5.75 Å². The van der Waals surface area contributed by atoms with Gasteiger partial charge in [-0.3, -0.25) is 9.59 Å². The molecule has 0 amide bonds. The average Bonchev–Trinajstić information content (AvgIpc) is 3.09. The molecule has 1 unspecified atom stereocenters. The Kier molecular flexibility index (Phi) is 16.4. The van der Waals surface area contributed by atoms with E-state index in [1.807, 2.05) is 24.3 Å². The summed E-state index contributed by atoms with van der Waals surface area (Å²) in [4.78, 5) is 25.4. The molecule has 0 heterocycles. The van der Waals surface area contributed by atoms with Crippen molar-refractivity contribution in [2.75, 3.05) is 24.6 Å². The number of rotatable bonds is 20. The zero-order chi connectivity index (χ0) is 33.9. The van der Waals surface area contributed by atoms with Gasteiger partial charge in [0.05, 0.1) is 28.6 Å². The molecule has 0 aliphatic heterocycles. The van der Waals surface area contributed by atoms with Crippen molar-refractivity contribution in [1.82, 2.24) is 0 Å². The molecule has 0 saturated carbocycles.